The number of ether oxygens (including phenoxy) is 1. The summed E-state index contributed by atoms with van der Waals surface area (Å²) in [6.45, 7) is 3.27. The second kappa shape index (κ2) is 13.8. The molecule has 1 aliphatic carbocycles. The van der Waals surface area contributed by atoms with E-state index in [1.54, 1.807) is 6.92 Å². The largest absolute Gasteiger partial charge is 0.481 e. The number of carboxylic acid groups (broad SMARTS) is 1. The van der Waals surface area contributed by atoms with Crippen molar-refractivity contribution in [2.45, 2.75) is 44.7 Å². The number of benzene rings is 2. The molecule has 0 aliphatic heterocycles. The molecule has 0 bridgehead atoms. The first-order valence-electron chi connectivity index (χ1n) is 13.5. The fraction of sp³-hybridized carbons (Fsp3) is 0.433. The first kappa shape index (κ1) is 31.1. The Balaban J connectivity index is 1.62. The van der Waals surface area contributed by atoms with Crippen molar-refractivity contribution < 1.29 is 33.8 Å². The van der Waals surface area contributed by atoms with Crippen molar-refractivity contribution in [3.05, 3.63) is 59.7 Å². The third-order valence-corrected chi connectivity index (χ3v) is 7.48. The normalized spacial score (nSPS) is 14.1. The highest BCUT2D eigenvalue weighted by atomic mass is 16.5. The van der Waals surface area contributed by atoms with Crippen molar-refractivity contribution in [3.63, 3.8) is 0 Å². The van der Waals surface area contributed by atoms with Crippen molar-refractivity contribution in [2.24, 2.45) is 5.92 Å². The predicted octanol–water partition coefficient (Wildman–Crippen LogP) is 2.45. The lowest BCUT2D eigenvalue weighted by atomic mass is 9.98. The Morgan fingerprint density at radius 2 is 1.51 bits per heavy atom. The van der Waals surface area contributed by atoms with E-state index in [-0.39, 0.29) is 18.4 Å². The number of hydrogen-bond donors (Lipinski definition) is 3. The molecule has 220 valence electrons. The molecule has 11 nitrogen and oxygen atoms in total. The number of likely N-dealkylation sites (N-methyl/N-ethyl adjacent to an activating group) is 2. The van der Waals surface area contributed by atoms with E-state index < -0.39 is 54.8 Å². The number of amides is 4. The molecule has 1 aliphatic rings. The minimum atomic E-state index is -1.24. The molecule has 2 aromatic rings. The van der Waals surface area contributed by atoms with Crippen LogP contribution in [0.15, 0.2) is 48.5 Å². The Morgan fingerprint density at radius 3 is 2.02 bits per heavy atom. The average Bonchev–Trinajstić information content (AvgIpc) is 3.28. The van der Waals surface area contributed by atoms with Crippen LogP contribution in [0.25, 0.3) is 11.1 Å². The van der Waals surface area contributed by atoms with Crippen molar-refractivity contribution in [2.75, 3.05) is 34.3 Å². The van der Waals surface area contributed by atoms with Gasteiger partial charge in [0.15, 0.2) is 0 Å². The van der Waals surface area contributed by atoms with E-state index in [0.717, 1.165) is 27.2 Å². The molecule has 4 amide bonds. The first-order chi connectivity index (χ1) is 19.5. The Bertz CT molecular complexity index is 1250. The van der Waals surface area contributed by atoms with Gasteiger partial charge >= 0.3 is 12.1 Å². The molecule has 0 radical (unpaired) electrons. The molecule has 0 fully saturated rings. The second-order valence-electron chi connectivity index (χ2n) is 10.4. The number of aliphatic carboxylic acids is 1. The van der Waals surface area contributed by atoms with E-state index in [1.807, 2.05) is 55.5 Å². The number of fused-ring (bicyclic) bond motifs is 3. The van der Waals surface area contributed by atoms with Gasteiger partial charge in [0, 0.05) is 27.1 Å². The van der Waals surface area contributed by atoms with Gasteiger partial charge in [0.05, 0.1) is 13.0 Å². The van der Waals surface area contributed by atoms with Gasteiger partial charge in [-0.25, -0.2) is 4.79 Å². The molecule has 3 N–H and O–H groups in total. The van der Waals surface area contributed by atoms with Crippen LogP contribution in [0.2, 0.25) is 0 Å². The summed E-state index contributed by atoms with van der Waals surface area (Å²) in [5, 5.41) is 14.3. The maximum Gasteiger partial charge on any atom is 0.407 e. The Morgan fingerprint density at radius 1 is 0.951 bits per heavy atom. The van der Waals surface area contributed by atoms with Gasteiger partial charge in [-0.1, -0.05) is 68.8 Å². The molecule has 2 aromatic carbocycles. The highest BCUT2D eigenvalue weighted by Gasteiger charge is 2.33. The quantitative estimate of drug-likeness (QED) is 0.358. The summed E-state index contributed by atoms with van der Waals surface area (Å²) in [6.07, 6.45) is -0.770. The molecular weight excluding hydrogens is 528 g/mol. The van der Waals surface area contributed by atoms with Crippen molar-refractivity contribution >= 4 is 29.8 Å². The van der Waals surface area contributed by atoms with Gasteiger partial charge in [0.25, 0.3) is 0 Å². The molecule has 3 rings (SSSR count). The van der Waals surface area contributed by atoms with E-state index in [0.29, 0.717) is 6.42 Å². The van der Waals surface area contributed by atoms with E-state index in [9.17, 15) is 29.1 Å². The maximum atomic E-state index is 13.1. The molecule has 41 heavy (non-hydrogen) atoms. The van der Waals surface area contributed by atoms with E-state index in [4.69, 9.17) is 4.74 Å². The van der Waals surface area contributed by atoms with Crippen LogP contribution in [0.5, 0.6) is 0 Å². The number of nitrogens with one attached hydrogen (secondary N) is 2. The molecule has 0 saturated carbocycles. The fourth-order valence-electron chi connectivity index (χ4n) is 4.89. The highest BCUT2D eigenvalue weighted by Crippen LogP contribution is 2.44. The maximum absolute atomic E-state index is 13.1. The fourth-order valence-corrected chi connectivity index (χ4v) is 4.89. The summed E-state index contributed by atoms with van der Waals surface area (Å²) in [4.78, 5) is 64.6. The molecular formula is C30H38N4O7. The van der Waals surface area contributed by atoms with Crippen LogP contribution < -0.4 is 10.6 Å². The van der Waals surface area contributed by atoms with Crippen LogP contribution in [-0.4, -0.2) is 91.1 Å². The van der Waals surface area contributed by atoms with Crippen LogP contribution in [0.1, 0.15) is 43.7 Å². The Labute approximate surface area is 239 Å². The highest BCUT2D eigenvalue weighted by molar-refractivity contribution is 5.93. The van der Waals surface area contributed by atoms with Gasteiger partial charge in [0.2, 0.25) is 17.7 Å². The first-order valence-corrected chi connectivity index (χ1v) is 13.5. The van der Waals surface area contributed by atoms with E-state index in [2.05, 4.69) is 10.6 Å². The van der Waals surface area contributed by atoms with Crippen LogP contribution in [0.3, 0.4) is 0 Å². The lowest BCUT2D eigenvalue weighted by Crippen LogP contribution is -2.54. The van der Waals surface area contributed by atoms with E-state index >= 15 is 0 Å². The van der Waals surface area contributed by atoms with Crippen LogP contribution in [0.4, 0.5) is 4.79 Å². The lowest BCUT2D eigenvalue weighted by molar-refractivity contribution is -0.148. The topological polar surface area (TPSA) is 145 Å². The summed E-state index contributed by atoms with van der Waals surface area (Å²) in [6, 6.07) is 13.7. The van der Waals surface area contributed by atoms with Gasteiger partial charge in [0.1, 0.15) is 18.7 Å². The van der Waals surface area contributed by atoms with Crippen LogP contribution in [0, 0.1) is 5.92 Å². The summed E-state index contributed by atoms with van der Waals surface area (Å²) in [5.74, 6) is -3.45. The monoisotopic (exact) mass is 566 g/mol. The number of carbonyl (C=O) groups is 5. The zero-order valence-electron chi connectivity index (χ0n) is 24.0. The van der Waals surface area contributed by atoms with Gasteiger partial charge in [-0.05, 0) is 28.2 Å². The zero-order chi connectivity index (χ0) is 30.3. The van der Waals surface area contributed by atoms with Gasteiger partial charge in [-0.3, -0.25) is 19.2 Å². The summed E-state index contributed by atoms with van der Waals surface area (Å²) in [7, 11) is 4.23. The summed E-state index contributed by atoms with van der Waals surface area (Å²) in [5.41, 5.74) is 4.33. The number of carbonyl (C=O) groups excluding carboxylic acids is 4. The third-order valence-electron chi connectivity index (χ3n) is 7.48. The third kappa shape index (κ3) is 7.41. The predicted molar refractivity (Wildman–Crippen MR) is 152 cm³/mol. The molecule has 0 aromatic heterocycles. The number of carboxylic acids is 1. The number of hydrogen-bond acceptors (Lipinski definition) is 6. The van der Waals surface area contributed by atoms with Gasteiger partial charge in [-0.15, -0.1) is 0 Å². The summed E-state index contributed by atoms with van der Waals surface area (Å²) >= 11 is 0. The smallest absolute Gasteiger partial charge is 0.407 e. The second-order valence-corrected chi connectivity index (χ2v) is 10.4. The minimum Gasteiger partial charge on any atom is -0.481 e. The SMILES string of the molecule is CC[C@H](C)[C@H](NC(=O)OCC1c2ccccc2-c2ccccc21)C(=O)NCC(=O)N(C)[C@@H](CC(=O)O)C(=O)N(C)C. The molecule has 11 heteroatoms. The minimum absolute atomic E-state index is 0.0862. The van der Waals surface area contributed by atoms with Crippen molar-refractivity contribution in [1.82, 2.24) is 20.4 Å². The number of alkyl carbamates (subject to hydrolysis) is 1. The van der Waals surface area contributed by atoms with Crippen molar-refractivity contribution in [3.8, 4) is 11.1 Å². The molecule has 0 heterocycles. The average molecular weight is 567 g/mol. The lowest BCUT2D eigenvalue weighted by Gasteiger charge is -2.29. The molecule has 0 saturated heterocycles. The number of rotatable bonds is 12. The standard InChI is InChI=1S/C30H38N4O7/c1-6-18(2)27(28(38)31-16-25(35)34(5)24(15-26(36)37)29(39)33(3)4)32-30(40)41-17-23-21-13-9-7-11-19(21)20-12-8-10-14-22(20)23/h7-14,18,23-24,27H,6,15-17H2,1-5H3,(H,31,38)(H,32,40)(H,36,37)/t18-,24-,27-/m0/s1. The Hall–Kier alpha value is -4.41. The molecule has 0 unspecified atom stereocenters. The van der Waals surface area contributed by atoms with Crippen molar-refractivity contribution in [1.29, 1.82) is 0 Å². The van der Waals surface area contributed by atoms with E-state index in [1.165, 1.54) is 26.0 Å². The summed E-state index contributed by atoms with van der Waals surface area (Å²) < 4.78 is 5.59. The molecule has 3 atom stereocenters. The Kier molecular flexibility index (Phi) is 10.5. The number of nitrogens with zero attached hydrogens (tertiary/aromatic N) is 2. The van der Waals surface area contributed by atoms with Gasteiger partial charge < -0.3 is 30.3 Å². The van der Waals surface area contributed by atoms with Crippen LogP contribution in [-0.2, 0) is 23.9 Å². The van der Waals surface area contributed by atoms with Crippen LogP contribution >= 0.6 is 0 Å². The molecule has 0 spiro atoms. The van der Waals surface area contributed by atoms with Gasteiger partial charge in [-0.2, -0.15) is 0 Å². The zero-order valence-corrected chi connectivity index (χ0v) is 24.0.